The summed E-state index contributed by atoms with van der Waals surface area (Å²) in [5.74, 6) is -7.16. The molecule has 0 aromatic rings. The molecule has 0 rings (SSSR count). The second-order valence-corrected chi connectivity index (χ2v) is 4.51. The third-order valence-corrected chi connectivity index (χ3v) is 2.16. The second kappa shape index (κ2) is 8.87. The molecule has 0 fully saturated rings. The van der Waals surface area contributed by atoms with Crippen molar-refractivity contribution < 1.29 is 49.8 Å². The van der Waals surface area contributed by atoms with E-state index in [2.05, 4.69) is 0 Å². The van der Waals surface area contributed by atoms with Gasteiger partial charge in [0.2, 0.25) is 0 Å². The Bertz CT molecular complexity index is 364. The average Bonchev–Trinajstić information content (AvgIpc) is 2.23. The average molecular weight is 308 g/mol. The minimum absolute atomic E-state index is 0.596. The molecule has 0 aliphatic heterocycles. The zero-order chi connectivity index (χ0) is 17.4. The lowest BCUT2D eigenvalue weighted by atomic mass is 9.99. The molecule has 10 heteroatoms. The van der Waals surface area contributed by atoms with E-state index >= 15 is 0 Å². The molecule has 0 bridgehead atoms. The Morgan fingerprint density at radius 2 is 1.52 bits per heavy atom. The Labute approximate surface area is 119 Å². The van der Waals surface area contributed by atoms with E-state index in [1.165, 1.54) is 0 Å². The monoisotopic (exact) mass is 308 g/mol. The Hall–Kier alpha value is -2.20. The van der Waals surface area contributed by atoms with E-state index in [0.717, 1.165) is 13.8 Å². The van der Waals surface area contributed by atoms with Gasteiger partial charge in [0.15, 0.2) is 0 Å². The highest BCUT2D eigenvalue weighted by atomic mass is 16.4. The first-order valence-electron chi connectivity index (χ1n) is 5.56. The fourth-order valence-corrected chi connectivity index (χ4v) is 1.04. The van der Waals surface area contributed by atoms with Crippen LogP contribution in [0.2, 0.25) is 0 Å². The van der Waals surface area contributed by atoms with E-state index in [1.54, 1.807) is 0 Å². The summed E-state index contributed by atoms with van der Waals surface area (Å²) in [6, 6.07) is 0. The quantitative estimate of drug-likeness (QED) is 0.361. The highest BCUT2D eigenvalue weighted by molar-refractivity contribution is 5.80. The van der Waals surface area contributed by atoms with Crippen LogP contribution in [0, 0.1) is 5.92 Å². The maximum Gasteiger partial charge on any atom is 0.309 e. The van der Waals surface area contributed by atoms with E-state index in [4.69, 9.17) is 20.4 Å². The largest absolute Gasteiger partial charge is 0.550 e. The summed E-state index contributed by atoms with van der Waals surface area (Å²) in [4.78, 5) is 39.8. The van der Waals surface area contributed by atoms with Crippen molar-refractivity contribution >= 4 is 23.9 Å². The third kappa shape index (κ3) is 11.3. The van der Waals surface area contributed by atoms with Crippen LogP contribution >= 0.6 is 0 Å². The third-order valence-electron chi connectivity index (χ3n) is 2.16. The van der Waals surface area contributed by atoms with Crippen LogP contribution < -0.4 is 10.2 Å². The Morgan fingerprint density at radius 3 is 1.71 bits per heavy atom. The second-order valence-electron chi connectivity index (χ2n) is 4.51. The van der Waals surface area contributed by atoms with Gasteiger partial charge in [-0.2, -0.15) is 0 Å². The molecule has 0 heterocycles. The Kier molecular flexibility index (Phi) is 8.91. The number of hydrogen-bond acceptors (Lipinski definition) is 8. The first-order valence-corrected chi connectivity index (χ1v) is 5.56. The SMILES string of the molecule is CC(C(=O)O)C(O)C(=O)[O-].CC(O)(CC(=O)[O-])CC(=O)O. The molecule has 0 saturated carbocycles. The van der Waals surface area contributed by atoms with Crippen molar-refractivity contribution in [3.8, 4) is 0 Å². The molecule has 0 radical (unpaired) electrons. The van der Waals surface area contributed by atoms with Gasteiger partial charge in [-0.3, -0.25) is 9.59 Å². The zero-order valence-electron chi connectivity index (χ0n) is 11.3. The molecule has 0 aliphatic carbocycles. The highest BCUT2D eigenvalue weighted by Crippen LogP contribution is 2.12. The highest BCUT2D eigenvalue weighted by Gasteiger charge is 2.24. The smallest absolute Gasteiger partial charge is 0.309 e. The van der Waals surface area contributed by atoms with Crippen LogP contribution in [0.15, 0.2) is 0 Å². The molecule has 122 valence electrons. The van der Waals surface area contributed by atoms with Gasteiger partial charge in [0, 0.05) is 12.4 Å². The molecule has 3 unspecified atom stereocenters. The lowest BCUT2D eigenvalue weighted by molar-refractivity contribution is -0.317. The molecule has 0 saturated heterocycles. The number of aliphatic carboxylic acids is 4. The van der Waals surface area contributed by atoms with Crippen LogP contribution in [0.3, 0.4) is 0 Å². The van der Waals surface area contributed by atoms with Gasteiger partial charge in [-0.15, -0.1) is 0 Å². The van der Waals surface area contributed by atoms with Crippen molar-refractivity contribution in [2.24, 2.45) is 5.92 Å². The molecule has 0 amide bonds. The molecule has 0 aromatic carbocycles. The van der Waals surface area contributed by atoms with Crippen molar-refractivity contribution in [1.82, 2.24) is 0 Å². The van der Waals surface area contributed by atoms with Crippen molar-refractivity contribution in [3.63, 3.8) is 0 Å². The van der Waals surface area contributed by atoms with Crippen molar-refractivity contribution in [3.05, 3.63) is 0 Å². The fourth-order valence-electron chi connectivity index (χ4n) is 1.04. The van der Waals surface area contributed by atoms with Gasteiger partial charge in [-0.1, -0.05) is 0 Å². The van der Waals surface area contributed by atoms with E-state index in [-0.39, 0.29) is 0 Å². The number of aliphatic hydroxyl groups excluding tert-OH is 1. The Morgan fingerprint density at radius 1 is 1.10 bits per heavy atom. The topological polar surface area (TPSA) is 195 Å². The summed E-state index contributed by atoms with van der Waals surface area (Å²) in [6.45, 7) is 2.22. The molecule has 0 spiro atoms. The number of hydrogen-bond donors (Lipinski definition) is 4. The molecule has 4 N–H and O–H groups in total. The maximum atomic E-state index is 10.0. The van der Waals surface area contributed by atoms with Crippen molar-refractivity contribution in [1.29, 1.82) is 0 Å². The molecular weight excluding hydrogens is 292 g/mol. The van der Waals surface area contributed by atoms with E-state index in [1.807, 2.05) is 0 Å². The minimum atomic E-state index is -1.93. The number of carbonyl (C=O) groups is 4. The first-order chi connectivity index (χ1) is 9.30. The van der Waals surface area contributed by atoms with Crippen molar-refractivity contribution in [2.75, 3.05) is 0 Å². The number of carboxylic acids is 4. The number of carbonyl (C=O) groups excluding carboxylic acids is 2. The normalized spacial score (nSPS) is 15.6. The molecule has 0 aromatic heterocycles. The van der Waals surface area contributed by atoms with E-state index in [0.29, 0.717) is 0 Å². The van der Waals surface area contributed by atoms with Crippen LogP contribution in [0.25, 0.3) is 0 Å². The lowest BCUT2D eigenvalue weighted by Crippen LogP contribution is -2.42. The number of carboxylic acid groups (broad SMARTS) is 4. The first kappa shape index (κ1) is 21.1. The van der Waals surface area contributed by atoms with Gasteiger partial charge in [0.05, 0.1) is 23.9 Å². The van der Waals surface area contributed by atoms with Crippen LogP contribution in [0.4, 0.5) is 0 Å². The molecule has 10 nitrogen and oxygen atoms in total. The summed E-state index contributed by atoms with van der Waals surface area (Å²) >= 11 is 0. The standard InChI is InChI=1S/C6H10O5.C5H8O5/c1-6(11,2-4(7)8)3-5(9)10;1-2(4(7)8)3(6)5(9)10/h11H,2-3H2,1H3,(H,7,8)(H,9,10);2-3,6H,1H3,(H,7,8)(H,9,10)/p-2. The summed E-state index contributed by atoms with van der Waals surface area (Å²) in [7, 11) is 0. The molecule has 3 atom stereocenters. The lowest BCUT2D eigenvalue weighted by Gasteiger charge is -2.20. The summed E-state index contributed by atoms with van der Waals surface area (Å²) in [5, 5.41) is 53.7. The molecule has 21 heavy (non-hydrogen) atoms. The molecular formula is C11H16O10-2. The number of aliphatic hydroxyl groups is 2. The van der Waals surface area contributed by atoms with Crippen LogP contribution in [0.5, 0.6) is 0 Å². The van der Waals surface area contributed by atoms with Crippen molar-refractivity contribution in [2.45, 2.75) is 38.4 Å². The van der Waals surface area contributed by atoms with Crippen LogP contribution in [-0.2, 0) is 19.2 Å². The summed E-state index contributed by atoms with van der Waals surface area (Å²) in [6.07, 6.45) is -3.20. The van der Waals surface area contributed by atoms with Gasteiger partial charge >= 0.3 is 11.9 Å². The minimum Gasteiger partial charge on any atom is -0.550 e. The predicted octanol–water partition coefficient (Wildman–Crippen LogP) is -3.83. The van der Waals surface area contributed by atoms with Gasteiger partial charge < -0.3 is 40.2 Å². The van der Waals surface area contributed by atoms with Gasteiger partial charge in [0.25, 0.3) is 0 Å². The van der Waals surface area contributed by atoms with E-state index in [9.17, 15) is 29.4 Å². The number of rotatable bonds is 7. The van der Waals surface area contributed by atoms with Gasteiger partial charge in [0.1, 0.15) is 6.10 Å². The molecule has 0 aliphatic rings. The fraction of sp³-hybridized carbons (Fsp3) is 0.636. The van der Waals surface area contributed by atoms with Gasteiger partial charge in [-0.25, -0.2) is 0 Å². The van der Waals surface area contributed by atoms with Gasteiger partial charge in [-0.05, 0) is 13.8 Å². The Balaban J connectivity index is 0. The van der Waals surface area contributed by atoms with Crippen LogP contribution in [-0.4, -0.2) is 56.0 Å². The van der Waals surface area contributed by atoms with Crippen LogP contribution in [0.1, 0.15) is 26.7 Å². The summed E-state index contributed by atoms with van der Waals surface area (Å²) in [5.41, 5.74) is -1.72. The summed E-state index contributed by atoms with van der Waals surface area (Å²) < 4.78 is 0. The van der Waals surface area contributed by atoms with E-state index < -0.39 is 54.3 Å². The predicted molar refractivity (Wildman–Crippen MR) is 60.3 cm³/mol. The maximum absolute atomic E-state index is 10.0. The zero-order valence-corrected chi connectivity index (χ0v) is 11.3.